The van der Waals surface area contributed by atoms with Crippen molar-refractivity contribution in [2.45, 2.75) is 56.6 Å². The number of nitrogens with zero attached hydrogens (tertiary/aromatic N) is 3. The molecule has 4 heterocycles. The van der Waals surface area contributed by atoms with Gasteiger partial charge in [0.15, 0.2) is 17.8 Å². The second kappa shape index (κ2) is 14.8. The normalized spacial score (nSPS) is 18.7. The Hall–Kier alpha value is -7.06. The number of ketones is 1. The maximum Gasteiger partial charge on any atom is 0.340 e. The largest absolute Gasteiger partial charge is 0.508 e. The highest BCUT2D eigenvalue weighted by atomic mass is 16.6. The summed E-state index contributed by atoms with van der Waals surface area (Å²) < 4.78 is 32.4. The van der Waals surface area contributed by atoms with Gasteiger partial charge >= 0.3 is 5.97 Å². The van der Waals surface area contributed by atoms with E-state index in [1.54, 1.807) is 53.2 Å². The van der Waals surface area contributed by atoms with E-state index in [9.17, 15) is 30.0 Å². The minimum atomic E-state index is -1.25. The summed E-state index contributed by atoms with van der Waals surface area (Å²) in [6.45, 7) is 1.06. The molecule has 3 aliphatic heterocycles. The summed E-state index contributed by atoms with van der Waals surface area (Å²) >= 11 is 0. The summed E-state index contributed by atoms with van der Waals surface area (Å²) in [5, 5.41) is 48.9. The van der Waals surface area contributed by atoms with Crippen molar-refractivity contribution in [1.82, 2.24) is 15.0 Å². The Morgan fingerprint density at radius 2 is 1.48 bits per heavy atom. The van der Waals surface area contributed by atoms with Gasteiger partial charge in [0.1, 0.15) is 63.9 Å². The van der Waals surface area contributed by atoms with Crippen LogP contribution >= 0.6 is 0 Å². The van der Waals surface area contributed by atoms with Crippen LogP contribution in [-0.4, -0.2) is 59.9 Å². The predicted molar refractivity (Wildman–Crippen MR) is 205 cm³/mol. The molecule has 1 spiro atoms. The summed E-state index contributed by atoms with van der Waals surface area (Å²) in [5.41, 5.74) is 2.34. The molecule has 1 aromatic heterocycles. The highest BCUT2D eigenvalue weighted by molar-refractivity contribution is 6.06. The molecule has 0 saturated carbocycles. The summed E-state index contributed by atoms with van der Waals surface area (Å²) in [6.07, 6.45) is 3.13. The quantitative estimate of drug-likeness (QED) is 0.0720. The van der Waals surface area contributed by atoms with E-state index < -0.39 is 29.6 Å². The molecule has 0 radical (unpaired) electrons. The van der Waals surface area contributed by atoms with Gasteiger partial charge in [0.05, 0.1) is 11.8 Å². The minimum Gasteiger partial charge on any atom is -0.508 e. The molecule has 3 unspecified atom stereocenters. The standard InChI is InChI=1S/C44H37N3O11/c48-27-11-9-25(10-12-27)41-42(40(52)39-35(51)19-29(50)21-38(39)57-41)54-18-6-2-1-5-17-47-23-26(45-46-47)24-55-30-14-16-34-37(22-30)56-36-20-28(49)13-15-33(36)44(34)32-8-4-3-7-31(32)43(53)58-44/h3-4,7-16,19-23,41-42,48-51H,1-2,5-6,17-18,24H2. The second-order valence-electron chi connectivity index (χ2n) is 14.4. The fourth-order valence-electron chi connectivity index (χ4n) is 7.82. The average Bonchev–Trinajstić information content (AvgIpc) is 3.79. The Labute approximate surface area is 331 Å². The van der Waals surface area contributed by atoms with Crippen LogP contribution in [0.25, 0.3) is 0 Å². The lowest BCUT2D eigenvalue weighted by atomic mass is 9.77. The van der Waals surface area contributed by atoms with Crippen molar-refractivity contribution in [1.29, 1.82) is 0 Å². The average molecular weight is 784 g/mol. The minimum absolute atomic E-state index is 0.0150. The van der Waals surface area contributed by atoms with Gasteiger partial charge in [-0.3, -0.25) is 9.48 Å². The van der Waals surface area contributed by atoms with Gasteiger partial charge in [-0.25, -0.2) is 4.79 Å². The first kappa shape index (κ1) is 36.6. The molecule has 58 heavy (non-hydrogen) atoms. The van der Waals surface area contributed by atoms with Gasteiger partial charge in [-0.15, -0.1) is 5.10 Å². The topological polar surface area (TPSA) is 192 Å². The maximum atomic E-state index is 13.5. The first-order valence-corrected chi connectivity index (χ1v) is 18.9. The number of benzene rings is 5. The highest BCUT2D eigenvalue weighted by Gasteiger charge is 2.53. The molecule has 294 valence electrons. The van der Waals surface area contributed by atoms with Crippen LogP contribution in [0.1, 0.15) is 80.5 Å². The number of unbranched alkanes of at least 4 members (excludes halogenated alkanes) is 3. The number of phenols is 4. The van der Waals surface area contributed by atoms with E-state index in [2.05, 4.69) is 10.3 Å². The number of phenolic OH excluding ortho intramolecular Hbond substituents is 4. The Morgan fingerprint density at radius 1 is 0.741 bits per heavy atom. The Morgan fingerprint density at radius 3 is 2.33 bits per heavy atom. The third-order valence-corrected chi connectivity index (χ3v) is 10.5. The van der Waals surface area contributed by atoms with Gasteiger partial charge in [0.2, 0.25) is 5.78 Å². The van der Waals surface area contributed by atoms with Crippen LogP contribution in [0.3, 0.4) is 0 Å². The smallest absolute Gasteiger partial charge is 0.340 e. The van der Waals surface area contributed by atoms with Crippen LogP contribution in [0.4, 0.5) is 0 Å². The number of rotatable bonds is 12. The summed E-state index contributed by atoms with van der Waals surface area (Å²) in [6, 6.07) is 26.0. The van der Waals surface area contributed by atoms with E-state index in [4.69, 9.17) is 23.7 Å². The number of Topliss-reactive ketones (excluding diaryl/α,β-unsaturated/α-hetero) is 1. The monoisotopic (exact) mass is 783 g/mol. The Balaban J connectivity index is 0.782. The molecule has 0 amide bonds. The molecule has 14 heteroatoms. The number of aryl methyl sites for hydroxylation is 1. The fraction of sp³-hybridized carbons (Fsp3) is 0.227. The van der Waals surface area contributed by atoms with Crippen LogP contribution in [0, 0.1) is 0 Å². The van der Waals surface area contributed by atoms with Crippen LogP contribution in [-0.2, 0) is 28.2 Å². The highest BCUT2D eigenvalue weighted by Crippen LogP contribution is 2.57. The molecule has 0 aliphatic carbocycles. The summed E-state index contributed by atoms with van der Waals surface area (Å²) in [7, 11) is 0. The van der Waals surface area contributed by atoms with Crippen molar-refractivity contribution in [3.05, 3.63) is 142 Å². The van der Waals surface area contributed by atoms with Crippen molar-refractivity contribution < 1.29 is 53.7 Å². The Bertz CT molecular complexity index is 2550. The maximum absolute atomic E-state index is 13.5. The predicted octanol–water partition coefficient (Wildman–Crippen LogP) is 7.21. The van der Waals surface area contributed by atoms with Crippen LogP contribution in [0.2, 0.25) is 0 Å². The number of hydrogen-bond acceptors (Lipinski definition) is 13. The molecule has 6 aromatic rings. The van der Waals surface area contributed by atoms with E-state index in [0.29, 0.717) is 63.7 Å². The van der Waals surface area contributed by atoms with Gasteiger partial charge in [-0.1, -0.05) is 48.4 Å². The van der Waals surface area contributed by atoms with Crippen molar-refractivity contribution in [3.8, 4) is 46.0 Å². The molecule has 4 N–H and O–H groups in total. The lowest BCUT2D eigenvalue weighted by molar-refractivity contribution is -0.0232. The second-order valence-corrected chi connectivity index (χ2v) is 14.4. The number of hydrogen-bond donors (Lipinski definition) is 4. The molecule has 0 bridgehead atoms. The molecule has 5 aromatic carbocycles. The molecular formula is C44H37N3O11. The zero-order valence-electron chi connectivity index (χ0n) is 30.9. The van der Waals surface area contributed by atoms with Gasteiger partial charge in [0, 0.05) is 54.1 Å². The summed E-state index contributed by atoms with van der Waals surface area (Å²) in [4.78, 5) is 26.6. The van der Waals surface area contributed by atoms with Crippen LogP contribution in [0.5, 0.6) is 46.0 Å². The van der Waals surface area contributed by atoms with Crippen molar-refractivity contribution in [2.24, 2.45) is 0 Å². The number of fused-ring (bicyclic) bond motifs is 7. The van der Waals surface area contributed by atoms with Crippen LogP contribution < -0.4 is 14.2 Å². The fourth-order valence-corrected chi connectivity index (χ4v) is 7.82. The summed E-state index contributed by atoms with van der Waals surface area (Å²) in [5.74, 6) is -0.0837. The lowest BCUT2D eigenvalue weighted by Crippen LogP contribution is -2.38. The number of aromatic nitrogens is 3. The third-order valence-electron chi connectivity index (χ3n) is 10.5. The van der Waals surface area contributed by atoms with Crippen molar-refractivity contribution >= 4 is 11.8 Å². The number of aromatic hydroxyl groups is 4. The van der Waals surface area contributed by atoms with E-state index in [1.165, 1.54) is 24.3 Å². The SMILES string of the molecule is O=C1OC2(c3ccc(O)cc3Oc3cc(OCc4cn(CCCCCCOC5C(=O)c6c(O)cc(O)cc6OC5c5ccc(O)cc5)nn4)ccc32)c2ccccc21. The molecule has 9 rings (SSSR count). The van der Waals surface area contributed by atoms with Gasteiger partial charge < -0.3 is 44.1 Å². The zero-order chi connectivity index (χ0) is 40.0. The van der Waals surface area contributed by atoms with E-state index in [0.717, 1.165) is 25.3 Å². The lowest BCUT2D eigenvalue weighted by Gasteiger charge is -2.36. The molecule has 3 atom stereocenters. The van der Waals surface area contributed by atoms with E-state index >= 15 is 0 Å². The first-order chi connectivity index (χ1) is 28.2. The third kappa shape index (κ3) is 6.56. The number of carbonyl (C=O) groups is 2. The van der Waals surface area contributed by atoms with Crippen molar-refractivity contribution in [3.63, 3.8) is 0 Å². The van der Waals surface area contributed by atoms with Gasteiger partial charge in [0.25, 0.3) is 0 Å². The molecule has 0 saturated heterocycles. The van der Waals surface area contributed by atoms with Crippen LogP contribution in [0.15, 0.2) is 103 Å². The molecule has 14 nitrogen and oxygen atoms in total. The molecule has 0 fully saturated rings. The van der Waals surface area contributed by atoms with Gasteiger partial charge in [-0.05, 0) is 60.9 Å². The van der Waals surface area contributed by atoms with Crippen molar-refractivity contribution in [2.75, 3.05) is 6.61 Å². The number of carbonyl (C=O) groups excluding carboxylic acids is 2. The van der Waals surface area contributed by atoms with E-state index in [-0.39, 0.29) is 47.5 Å². The number of ether oxygens (including phenoxy) is 5. The zero-order valence-corrected chi connectivity index (χ0v) is 30.9. The number of esters is 1. The first-order valence-electron chi connectivity index (χ1n) is 18.9. The molecular weight excluding hydrogens is 746 g/mol. The molecule has 3 aliphatic rings. The van der Waals surface area contributed by atoms with E-state index in [1.807, 2.05) is 24.4 Å². The Kier molecular flexibility index (Phi) is 9.32. The van der Waals surface area contributed by atoms with Gasteiger partial charge in [-0.2, -0.15) is 0 Å².